The van der Waals surface area contributed by atoms with Crippen molar-refractivity contribution in [2.75, 3.05) is 13.1 Å². The Bertz CT molecular complexity index is 715. The number of piperidine rings is 1. The maximum Gasteiger partial charge on any atom is 0.274 e. The average molecular weight is 291 g/mol. The maximum atomic E-state index is 11.9. The van der Waals surface area contributed by atoms with Crippen LogP contribution in [-0.2, 0) is 6.54 Å². The summed E-state index contributed by atoms with van der Waals surface area (Å²) in [5.41, 5.74) is -0.306. The molecule has 3 rings (SSSR count). The number of likely N-dealkylation sites (tertiary alicyclic amines) is 1. The minimum atomic E-state index is -0.664. The van der Waals surface area contributed by atoms with Gasteiger partial charge in [0.2, 0.25) is 0 Å². The Morgan fingerprint density at radius 2 is 2.19 bits per heavy atom. The predicted molar refractivity (Wildman–Crippen MR) is 77.9 cm³/mol. The van der Waals surface area contributed by atoms with Crippen LogP contribution in [0, 0.1) is 5.41 Å². The van der Waals surface area contributed by atoms with Crippen LogP contribution in [-0.4, -0.2) is 48.3 Å². The lowest BCUT2D eigenvalue weighted by Gasteiger charge is -2.48. The van der Waals surface area contributed by atoms with Crippen LogP contribution < -0.4 is 5.56 Å². The highest BCUT2D eigenvalue weighted by molar-refractivity contribution is 5.26. The molecule has 2 N–H and O–H groups in total. The lowest BCUT2D eigenvalue weighted by Crippen LogP contribution is -2.55. The van der Waals surface area contributed by atoms with E-state index < -0.39 is 5.60 Å². The first-order chi connectivity index (χ1) is 9.78. The quantitative estimate of drug-likeness (QED) is 0.836. The molecule has 1 aliphatic rings. The summed E-state index contributed by atoms with van der Waals surface area (Å²) < 4.78 is 1.31. The molecule has 0 unspecified atom stereocenters. The highest BCUT2D eigenvalue weighted by Gasteiger charge is 2.43. The highest BCUT2D eigenvalue weighted by Crippen LogP contribution is 2.38. The van der Waals surface area contributed by atoms with Crippen molar-refractivity contribution in [1.82, 2.24) is 24.5 Å². The van der Waals surface area contributed by atoms with Crippen LogP contribution in [0.25, 0.3) is 5.78 Å². The number of nitrogens with one attached hydrogen (secondary N) is 1. The molecule has 2 aromatic heterocycles. The molecule has 1 saturated heterocycles. The van der Waals surface area contributed by atoms with E-state index >= 15 is 0 Å². The maximum absolute atomic E-state index is 11.9. The van der Waals surface area contributed by atoms with Gasteiger partial charge in [-0.1, -0.05) is 13.8 Å². The third-order valence-electron chi connectivity index (χ3n) is 4.70. The van der Waals surface area contributed by atoms with E-state index in [1.165, 1.54) is 16.9 Å². The minimum Gasteiger partial charge on any atom is -0.390 e. The smallest absolute Gasteiger partial charge is 0.274 e. The number of nitrogens with zero attached hydrogens (tertiary/aromatic N) is 4. The first-order valence-electron chi connectivity index (χ1n) is 7.15. The topological polar surface area (TPSA) is 86.5 Å². The van der Waals surface area contributed by atoms with Gasteiger partial charge in [-0.15, -0.1) is 0 Å². The standard InChI is InChI=1S/C14H21N5O2/c1-13(2)8-18(5-4-14(13,3)21)7-10-6-11(20)19-12(17-10)15-9-16-19/h6,9,21H,4-5,7-8H2,1-3H3,(H,15,16,17)/t14-/m0/s1. The van der Waals surface area contributed by atoms with Crippen LogP contribution in [0.2, 0.25) is 0 Å². The molecule has 0 spiro atoms. The van der Waals surface area contributed by atoms with E-state index in [-0.39, 0.29) is 11.0 Å². The fourth-order valence-electron chi connectivity index (χ4n) is 2.84. The van der Waals surface area contributed by atoms with Gasteiger partial charge in [0.05, 0.1) is 11.3 Å². The van der Waals surface area contributed by atoms with Gasteiger partial charge in [0.1, 0.15) is 6.33 Å². The number of aromatic amines is 1. The third kappa shape index (κ3) is 2.47. The van der Waals surface area contributed by atoms with Crippen LogP contribution in [0.15, 0.2) is 17.2 Å². The molecular weight excluding hydrogens is 270 g/mol. The molecule has 0 saturated carbocycles. The number of hydrogen-bond acceptors (Lipinski definition) is 5. The minimum absolute atomic E-state index is 0.157. The summed E-state index contributed by atoms with van der Waals surface area (Å²) in [5.74, 6) is 0.390. The van der Waals surface area contributed by atoms with E-state index in [9.17, 15) is 9.90 Å². The molecule has 21 heavy (non-hydrogen) atoms. The van der Waals surface area contributed by atoms with Gasteiger partial charge in [0.15, 0.2) is 0 Å². The van der Waals surface area contributed by atoms with Crippen molar-refractivity contribution in [3.63, 3.8) is 0 Å². The van der Waals surface area contributed by atoms with Gasteiger partial charge < -0.3 is 5.11 Å². The molecule has 3 heterocycles. The first-order valence-corrected chi connectivity index (χ1v) is 7.15. The van der Waals surface area contributed by atoms with Gasteiger partial charge in [-0.2, -0.15) is 4.52 Å². The monoisotopic (exact) mass is 291 g/mol. The molecule has 0 aliphatic carbocycles. The van der Waals surface area contributed by atoms with Crippen molar-refractivity contribution in [3.05, 3.63) is 28.4 Å². The van der Waals surface area contributed by atoms with Crippen molar-refractivity contribution in [2.24, 2.45) is 5.41 Å². The van der Waals surface area contributed by atoms with Crippen LogP contribution in [0.5, 0.6) is 0 Å². The van der Waals surface area contributed by atoms with Crippen molar-refractivity contribution >= 4 is 5.78 Å². The lowest BCUT2D eigenvalue weighted by molar-refractivity contribution is -0.107. The summed E-state index contributed by atoms with van der Waals surface area (Å²) in [4.78, 5) is 22.6. The SMILES string of the molecule is CC1(C)CN(Cc2cc(=O)n3[nH]cnc3n2)CC[C@]1(C)O. The Balaban J connectivity index is 1.81. The number of aromatic nitrogens is 4. The molecule has 1 fully saturated rings. The first kappa shape index (κ1) is 14.2. The summed E-state index contributed by atoms with van der Waals surface area (Å²) >= 11 is 0. The van der Waals surface area contributed by atoms with Crippen LogP contribution in [0.4, 0.5) is 0 Å². The Labute approximate surface area is 122 Å². The summed E-state index contributed by atoms with van der Waals surface area (Å²) in [6, 6.07) is 1.53. The number of hydrogen-bond donors (Lipinski definition) is 2. The van der Waals surface area contributed by atoms with E-state index in [0.29, 0.717) is 24.4 Å². The van der Waals surface area contributed by atoms with Gasteiger partial charge in [-0.3, -0.25) is 14.8 Å². The largest absolute Gasteiger partial charge is 0.390 e. The predicted octanol–water partition coefficient (Wildman–Crippen LogP) is 0.400. The fraction of sp³-hybridized carbons (Fsp3) is 0.643. The second-order valence-corrected chi connectivity index (χ2v) is 6.73. The van der Waals surface area contributed by atoms with Crippen LogP contribution in [0.1, 0.15) is 32.9 Å². The molecule has 7 heteroatoms. The normalized spacial score (nSPS) is 26.3. The van der Waals surface area contributed by atoms with Crippen molar-refractivity contribution in [2.45, 2.75) is 39.3 Å². The molecule has 0 amide bonds. The van der Waals surface area contributed by atoms with Gasteiger partial charge in [0, 0.05) is 31.1 Å². The summed E-state index contributed by atoms with van der Waals surface area (Å²) in [6.45, 7) is 8.18. The zero-order valence-corrected chi connectivity index (χ0v) is 12.6. The highest BCUT2D eigenvalue weighted by atomic mass is 16.3. The van der Waals surface area contributed by atoms with Gasteiger partial charge in [-0.25, -0.2) is 9.97 Å². The summed E-state index contributed by atoms with van der Waals surface area (Å²) in [7, 11) is 0. The molecule has 2 aromatic rings. The Kier molecular flexibility index (Phi) is 3.14. The third-order valence-corrected chi connectivity index (χ3v) is 4.70. The Hall–Kier alpha value is -1.73. The lowest BCUT2D eigenvalue weighted by atomic mass is 9.71. The van der Waals surface area contributed by atoms with E-state index in [1.54, 1.807) is 0 Å². The number of aliphatic hydroxyl groups is 1. The number of rotatable bonds is 2. The fourth-order valence-corrected chi connectivity index (χ4v) is 2.84. The molecule has 0 bridgehead atoms. The van der Waals surface area contributed by atoms with Gasteiger partial charge in [0.25, 0.3) is 11.3 Å². The van der Waals surface area contributed by atoms with Crippen molar-refractivity contribution in [1.29, 1.82) is 0 Å². The number of H-pyrrole nitrogens is 1. The second-order valence-electron chi connectivity index (χ2n) is 6.73. The van der Waals surface area contributed by atoms with E-state index in [2.05, 4.69) is 33.8 Å². The van der Waals surface area contributed by atoms with Crippen molar-refractivity contribution < 1.29 is 5.11 Å². The van der Waals surface area contributed by atoms with E-state index in [0.717, 1.165) is 13.1 Å². The second kappa shape index (κ2) is 4.64. The van der Waals surface area contributed by atoms with Gasteiger partial charge >= 0.3 is 0 Å². The van der Waals surface area contributed by atoms with Crippen molar-refractivity contribution in [3.8, 4) is 0 Å². The zero-order valence-electron chi connectivity index (χ0n) is 12.6. The number of fused-ring (bicyclic) bond motifs is 1. The Morgan fingerprint density at radius 1 is 1.43 bits per heavy atom. The zero-order chi connectivity index (χ0) is 15.3. The Morgan fingerprint density at radius 3 is 2.90 bits per heavy atom. The molecule has 114 valence electrons. The molecule has 0 radical (unpaired) electrons. The molecule has 1 atom stereocenters. The average Bonchev–Trinajstić information content (AvgIpc) is 2.83. The van der Waals surface area contributed by atoms with E-state index in [1.807, 2.05) is 6.92 Å². The molecular formula is C14H21N5O2. The van der Waals surface area contributed by atoms with Crippen LogP contribution in [0.3, 0.4) is 0 Å². The summed E-state index contributed by atoms with van der Waals surface area (Å²) in [5, 5.41) is 13.2. The van der Waals surface area contributed by atoms with E-state index in [4.69, 9.17) is 0 Å². The van der Waals surface area contributed by atoms with Crippen LogP contribution >= 0.6 is 0 Å². The molecule has 7 nitrogen and oxygen atoms in total. The summed E-state index contributed by atoms with van der Waals surface area (Å²) in [6.07, 6.45) is 2.17. The van der Waals surface area contributed by atoms with Gasteiger partial charge in [-0.05, 0) is 13.3 Å². The molecule has 0 aromatic carbocycles. The molecule has 1 aliphatic heterocycles.